The number of carbonyl (C=O) groups is 1. The van der Waals surface area contributed by atoms with Gasteiger partial charge in [0.05, 0.1) is 11.5 Å². The van der Waals surface area contributed by atoms with Crippen molar-refractivity contribution in [3.05, 3.63) is 89.5 Å². The number of aliphatic hydroxyl groups is 1. The third kappa shape index (κ3) is 9.49. The highest BCUT2D eigenvalue weighted by Crippen LogP contribution is 2.37. The summed E-state index contributed by atoms with van der Waals surface area (Å²) in [7, 11) is -4.15. The van der Waals surface area contributed by atoms with E-state index < -0.39 is 28.1 Å². The average Bonchev–Trinajstić information content (AvgIpc) is 3.40. The Kier molecular flexibility index (Phi) is 12.8. The molecule has 1 aliphatic rings. The molecule has 7 heteroatoms. The lowest BCUT2D eigenvalue weighted by Gasteiger charge is -2.23. The van der Waals surface area contributed by atoms with E-state index in [4.69, 9.17) is 4.74 Å². The largest absolute Gasteiger partial charge is 0.464 e. The molecule has 0 bridgehead atoms. The van der Waals surface area contributed by atoms with Crippen molar-refractivity contribution in [2.45, 2.75) is 107 Å². The Morgan fingerprint density at radius 3 is 2.02 bits per heavy atom. The summed E-state index contributed by atoms with van der Waals surface area (Å²) >= 11 is 0. The van der Waals surface area contributed by atoms with E-state index in [0.29, 0.717) is 12.0 Å². The Labute approximate surface area is 257 Å². The minimum atomic E-state index is -4.15. The molecule has 0 radical (unpaired) electrons. The van der Waals surface area contributed by atoms with Gasteiger partial charge in [0.2, 0.25) is 10.0 Å². The predicted octanol–water partition coefficient (Wildman–Crippen LogP) is 7.88. The highest BCUT2D eigenvalue weighted by atomic mass is 32.2. The summed E-state index contributed by atoms with van der Waals surface area (Å²) < 4.78 is 35.1. The number of unbranched alkanes of at least 4 members (excludes halogenated alkanes) is 11. The van der Waals surface area contributed by atoms with Crippen LogP contribution in [0.25, 0.3) is 11.1 Å². The van der Waals surface area contributed by atoms with Crippen LogP contribution in [-0.2, 0) is 26.0 Å². The van der Waals surface area contributed by atoms with Gasteiger partial charge < -0.3 is 9.84 Å². The third-order valence-electron chi connectivity index (χ3n) is 8.32. The molecule has 3 aromatic carbocycles. The predicted molar refractivity (Wildman–Crippen MR) is 172 cm³/mol. The molecule has 0 saturated carbocycles. The van der Waals surface area contributed by atoms with Crippen LogP contribution >= 0.6 is 0 Å². The summed E-state index contributed by atoms with van der Waals surface area (Å²) in [6.45, 7) is 2.43. The molecule has 4 rings (SSSR count). The van der Waals surface area contributed by atoms with Crippen LogP contribution in [0.15, 0.2) is 77.7 Å². The average molecular weight is 606 g/mol. The molecular weight excluding hydrogens is 558 g/mol. The van der Waals surface area contributed by atoms with Gasteiger partial charge in [0.1, 0.15) is 12.1 Å². The number of ether oxygens (including phenoxy) is 1. The molecule has 0 aromatic heterocycles. The molecule has 0 aliphatic heterocycles. The lowest BCUT2D eigenvalue weighted by Crippen LogP contribution is -2.46. The first-order chi connectivity index (χ1) is 20.9. The van der Waals surface area contributed by atoms with Gasteiger partial charge in [0.15, 0.2) is 0 Å². The van der Waals surface area contributed by atoms with Crippen LogP contribution in [0.4, 0.5) is 0 Å². The molecule has 43 heavy (non-hydrogen) atoms. The molecule has 2 atom stereocenters. The molecule has 0 amide bonds. The zero-order valence-electron chi connectivity index (χ0n) is 25.5. The molecule has 0 saturated heterocycles. The van der Waals surface area contributed by atoms with Gasteiger partial charge in [-0.1, -0.05) is 138 Å². The fourth-order valence-corrected chi connectivity index (χ4v) is 7.01. The van der Waals surface area contributed by atoms with Crippen molar-refractivity contribution in [3.63, 3.8) is 0 Å². The van der Waals surface area contributed by atoms with Gasteiger partial charge in [0.25, 0.3) is 0 Å². The van der Waals surface area contributed by atoms with Gasteiger partial charge in [-0.2, -0.15) is 4.72 Å². The van der Waals surface area contributed by atoms with Gasteiger partial charge in [-0.05, 0) is 52.8 Å². The van der Waals surface area contributed by atoms with Crippen molar-refractivity contribution in [2.24, 2.45) is 0 Å². The molecule has 0 fully saturated rings. The number of nitrogens with one attached hydrogen (secondary N) is 1. The van der Waals surface area contributed by atoms with Gasteiger partial charge in [0, 0.05) is 0 Å². The number of esters is 1. The van der Waals surface area contributed by atoms with Crippen LogP contribution in [0.3, 0.4) is 0 Å². The van der Waals surface area contributed by atoms with Crippen LogP contribution < -0.4 is 4.72 Å². The van der Waals surface area contributed by atoms with Crippen LogP contribution in [0.2, 0.25) is 0 Å². The minimum absolute atomic E-state index is 0.0435. The van der Waals surface area contributed by atoms with E-state index in [1.165, 1.54) is 57.8 Å². The lowest BCUT2D eigenvalue weighted by molar-refractivity contribution is -0.148. The van der Waals surface area contributed by atoms with Crippen molar-refractivity contribution in [3.8, 4) is 11.1 Å². The van der Waals surface area contributed by atoms with Gasteiger partial charge in [-0.3, -0.25) is 4.79 Å². The maximum Gasteiger partial charge on any atom is 0.327 e. The number of sulfonamides is 1. The molecule has 6 nitrogen and oxygen atoms in total. The summed E-state index contributed by atoms with van der Waals surface area (Å²) in [5, 5.41) is 11.1. The molecule has 2 N–H and O–H groups in total. The highest BCUT2D eigenvalue weighted by molar-refractivity contribution is 7.89. The summed E-state index contributed by atoms with van der Waals surface area (Å²) in [5.74, 6) is -0.783. The van der Waals surface area contributed by atoms with E-state index in [2.05, 4.69) is 11.6 Å². The van der Waals surface area contributed by atoms with Crippen molar-refractivity contribution in [2.75, 3.05) is 6.61 Å². The van der Waals surface area contributed by atoms with E-state index in [0.717, 1.165) is 41.5 Å². The second-order valence-corrected chi connectivity index (χ2v) is 13.4. The number of aliphatic hydroxyl groups excluding tert-OH is 1. The van der Waals surface area contributed by atoms with Crippen LogP contribution in [0, 0.1) is 0 Å². The fraction of sp³-hybridized carbons (Fsp3) is 0.472. The van der Waals surface area contributed by atoms with Crippen molar-refractivity contribution in [1.29, 1.82) is 0 Å². The standard InChI is InChI=1S/C36H47NO5S/c1-2-3-4-5-6-7-8-9-10-11-12-18-25-42-36(39)34(35(38)28-19-14-13-15-20-28)37-43(40,41)31-24-23-30-26-29-21-16-17-22-32(29)33(30)27-31/h13-17,19-24,27,34-35,37-38H,2-12,18,25-26H2,1H3/t34-,35-/m1/s1. The molecule has 3 aromatic rings. The highest BCUT2D eigenvalue weighted by Gasteiger charge is 2.34. The number of hydrogen-bond donors (Lipinski definition) is 2. The second kappa shape index (κ2) is 16.7. The maximum atomic E-state index is 13.6. The molecule has 0 unspecified atom stereocenters. The molecule has 0 spiro atoms. The van der Waals surface area contributed by atoms with Crippen LogP contribution in [0.5, 0.6) is 0 Å². The Bertz CT molecular complexity index is 1410. The summed E-state index contributed by atoms with van der Waals surface area (Å²) in [4.78, 5) is 13.3. The van der Waals surface area contributed by atoms with E-state index in [9.17, 15) is 18.3 Å². The zero-order chi connectivity index (χ0) is 30.5. The molecule has 1 aliphatic carbocycles. The number of carbonyl (C=O) groups excluding carboxylic acids is 1. The smallest absolute Gasteiger partial charge is 0.327 e. The van der Waals surface area contributed by atoms with Gasteiger partial charge in [-0.25, -0.2) is 8.42 Å². The van der Waals surface area contributed by atoms with Crippen molar-refractivity contribution >= 4 is 16.0 Å². The Morgan fingerprint density at radius 1 is 0.767 bits per heavy atom. The first-order valence-electron chi connectivity index (χ1n) is 16.0. The maximum absolute atomic E-state index is 13.6. The Balaban J connectivity index is 1.31. The molecule has 232 valence electrons. The topological polar surface area (TPSA) is 92.7 Å². The normalized spacial score (nSPS) is 13.7. The van der Waals surface area contributed by atoms with E-state index >= 15 is 0 Å². The zero-order valence-corrected chi connectivity index (χ0v) is 26.3. The van der Waals surface area contributed by atoms with Gasteiger partial charge in [-0.15, -0.1) is 0 Å². The molecular formula is C36H47NO5S. The second-order valence-electron chi connectivity index (χ2n) is 11.7. The first-order valence-corrected chi connectivity index (χ1v) is 17.5. The Morgan fingerprint density at radius 2 is 1.35 bits per heavy atom. The van der Waals surface area contributed by atoms with E-state index in [1.807, 2.05) is 30.3 Å². The molecule has 0 heterocycles. The summed E-state index contributed by atoms with van der Waals surface area (Å²) in [6.07, 6.45) is 13.7. The van der Waals surface area contributed by atoms with Crippen LogP contribution in [0.1, 0.15) is 107 Å². The van der Waals surface area contributed by atoms with E-state index in [1.54, 1.807) is 42.5 Å². The SMILES string of the molecule is CCCCCCCCCCCCCCOC(=O)[C@H](NS(=O)(=O)c1ccc2c(c1)-c1ccccc1C2)[C@H](O)c1ccccc1. The number of hydrogen-bond acceptors (Lipinski definition) is 5. The van der Waals surface area contributed by atoms with Crippen LogP contribution in [-0.4, -0.2) is 32.1 Å². The fourth-order valence-electron chi connectivity index (χ4n) is 5.79. The quantitative estimate of drug-likeness (QED) is 0.0838. The summed E-state index contributed by atoms with van der Waals surface area (Å²) in [6, 6.07) is 20.1. The van der Waals surface area contributed by atoms with Gasteiger partial charge >= 0.3 is 5.97 Å². The lowest BCUT2D eigenvalue weighted by atomic mass is 10.0. The third-order valence-corrected chi connectivity index (χ3v) is 9.75. The minimum Gasteiger partial charge on any atom is -0.464 e. The monoisotopic (exact) mass is 605 g/mol. The van der Waals surface area contributed by atoms with Crippen molar-refractivity contribution in [1.82, 2.24) is 4.72 Å². The number of fused-ring (bicyclic) bond motifs is 3. The number of rotatable bonds is 19. The summed E-state index contributed by atoms with van der Waals surface area (Å²) in [5.41, 5.74) is 4.52. The number of benzene rings is 3. The Hall–Kier alpha value is -3.00. The first kappa shape index (κ1) is 32.9. The van der Waals surface area contributed by atoms with Crippen molar-refractivity contribution < 1.29 is 23.1 Å². The van der Waals surface area contributed by atoms with E-state index in [-0.39, 0.29) is 11.5 Å².